The normalized spacial score (nSPS) is 15.4. The number of carbonyl (C=O) groups is 2. The number of nitrogens with zero attached hydrogens (tertiary/aromatic N) is 6. The minimum absolute atomic E-state index is 0.0160. The fraction of sp³-hybridized carbons (Fsp3) is 0.312. The van der Waals surface area contributed by atoms with Crippen molar-refractivity contribution in [2.24, 2.45) is 0 Å². The molecule has 0 N–H and O–H groups in total. The van der Waals surface area contributed by atoms with Gasteiger partial charge in [-0.3, -0.25) is 14.6 Å². The van der Waals surface area contributed by atoms with E-state index in [1.165, 1.54) is 17.6 Å². The van der Waals surface area contributed by atoms with Crippen LogP contribution in [0.3, 0.4) is 0 Å². The van der Waals surface area contributed by atoms with E-state index in [2.05, 4.69) is 16.5 Å². The van der Waals surface area contributed by atoms with Crippen molar-refractivity contribution in [2.75, 3.05) is 24.5 Å². The van der Waals surface area contributed by atoms with Crippen LogP contribution in [0, 0.1) is 6.92 Å². The first-order valence-corrected chi connectivity index (χ1v) is 14.3. The largest absolute Gasteiger partial charge is 0.355 e. The molecule has 4 heterocycles. The third-order valence-corrected chi connectivity index (χ3v) is 7.96. The monoisotopic (exact) mass is 584 g/mol. The summed E-state index contributed by atoms with van der Waals surface area (Å²) in [4.78, 5) is 56.8. The number of piperazine rings is 1. The molecule has 1 saturated heterocycles. The second-order valence-corrected chi connectivity index (χ2v) is 11.3. The standard InChI is InChI=1S/C32H33ClN6O3/c1-7-26(41)37-14-15-38(20(5)17-37)30-24-16-25(33)28(23-11-9-8-10-22(23)21(6)40)35-31(24)39(32(42)36-30)29-19(4)12-13-34-27(29)18(2)3/h7-13,16,18,20H,1,14-15,17H2,2-6H3/t20-/m0/s1. The number of halogens is 1. The van der Waals surface area contributed by atoms with Gasteiger partial charge in [0.2, 0.25) is 5.91 Å². The van der Waals surface area contributed by atoms with Crippen molar-refractivity contribution in [2.45, 2.75) is 46.6 Å². The molecule has 0 radical (unpaired) electrons. The maximum atomic E-state index is 14.1. The summed E-state index contributed by atoms with van der Waals surface area (Å²) >= 11 is 6.91. The van der Waals surface area contributed by atoms with Crippen LogP contribution in [0.15, 0.2) is 60.0 Å². The summed E-state index contributed by atoms with van der Waals surface area (Å²) in [6.07, 6.45) is 3.04. The second-order valence-electron chi connectivity index (χ2n) is 10.9. The summed E-state index contributed by atoms with van der Waals surface area (Å²) < 4.78 is 1.51. The number of anilines is 1. The van der Waals surface area contributed by atoms with Gasteiger partial charge in [0, 0.05) is 43.0 Å². The van der Waals surface area contributed by atoms with Gasteiger partial charge in [0.1, 0.15) is 5.82 Å². The highest BCUT2D eigenvalue weighted by atomic mass is 35.5. The fourth-order valence-corrected chi connectivity index (χ4v) is 5.85. The molecular formula is C32H33ClN6O3. The SMILES string of the molecule is C=CC(=O)N1CCN(c2nc(=O)n(-c3c(C)ccnc3C(C)C)c3nc(-c4ccccc4C(C)=O)c(Cl)cc23)[C@@H](C)C1. The first kappa shape index (κ1) is 29.1. The Morgan fingerprint density at radius 2 is 1.88 bits per heavy atom. The number of pyridine rings is 2. The third-order valence-electron chi connectivity index (χ3n) is 7.67. The maximum absolute atomic E-state index is 14.1. The highest BCUT2D eigenvalue weighted by molar-refractivity contribution is 6.34. The average molecular weight is 585 g/mol. The number of carbonyl (C=O) groups excluding carboxylic acids is 2. The minimum atomic E-state index is -0.507. The molecule has 1 fully saturated rings. The Kier molecular flexibility index (Phi) is 7.97. The van der Waals surface area contributed by atoms with Crippen molar-refractivity contribution in [1.82, 2.24) is 24.4 Å². The minimum Gasteiger partial charge on any atom is -0.350 e. The molecule has 0 aliphatic carbocycles. The lowest BCUT2D eigenvalue weighted by molar-refractivity contribution is -0.126. The zero-order valence-corrected chi connectivity index (χ0v) is 25.1. The van der Waals surface area contributed by atoms with E-state index in [9.17, 15) is 14.4 Å². The number of rotatable bonds is 6. The molecule has 216 valence electrons. The molecule has 0 spiro atoms. The van der Waals surface area contributed by atoms with Crippen molar-refractivity contribution in [3.63, 3.8) is 0 Å². The quantitative estimate of drug-likeness (QED) is 0.222. The smallest absolute Gasteiger partial charge is 0.350 e. The first-order chi connectivity index (χ1) is 20.0. The van der Waals surface area contributed by atoms with Crippen LogP contribution in [-0.4, -0.2) is 61.8 Å². The first-order valence-electron chi connectivity index (χ1n) is 13.9. The van der Waals surface area contributed by atoms with Crippen molar-refractivity contribution in [1.29, 1.82) is 0 Å². The molecule has 0 bridgehead atoms. The molecule has 1 aromatic carbocycles. The average Bonchev–Trinajstić information content (AvgIpc) is 2.96. The number of ketones is 1. The van der Waals surface area contributed by atoms with Crippen LogP contribution in [0.25, 0.3) is 28.0 Å². The maximum Gasteiger partial charge on any atom is 0.355 e. The number of Topliss-reactive ketones (excluding diaryl/α,β-unsaturated/α-hetero) is 1. The van der Waals surface area contributed by atoms with Crippen molar-refractivity contribution < 1.29 is 9.59 Å². The molecule has 1 amide bonds. The number of hydrogen-bond acceptors (Lipinski definition) is 7. The Hall–Kier alpha value is -4.37. The highest BCUT2D eigenvalue weighted by Crippen LogP contribution is 2.36. The molecule has 10 heteroatoms. The van der Waals surface area contributed by atoms with E-state index in [-0.39, 0.29) is 23.7 Å². The van der Waals surface area contributed by atoms with E-state index < -0.39 is 5.69 Å². The second kappa shape index (κ2) is 11.5. The summed E-state index contributed by atoms with van der Waals surface area (Å²) in [5.41, 5.74) is 3.50. The molecule has 9 nitrogen and oxygen atoms in total. The van der Waals surface area contributed by atoms with Gasteiger partial charge in [0.05, 0.1) is 27.5 Å². The van der Waals surface area contributed by atoms with Gasteiger partial charge >= 0.3 is 5.69 Å². The van der Waals surface area contributed by atoms with Crippen LogP contribution in [0.1, 0.15) is 55.2 Å². The van der Waals surface area contributed by atoms with E-state index in [4.69, 9.17) is 16.6 Å². The van der Waals surface area contributed by atoms with Gasteiger partial charge in [0.25, 0.3) is 0 Å². The van der Waals surface area contributed by atoms with Crippen molar-refractivity contribution in [3.8, 4) is 16.9 Å². The molecule has 0 unspecified atom stereocenters. The van der Waals surface area contributed by atoms with Crippen LogP contribution in [0.2, 0.25) is 5.02 Å². The topological polar surface area (TPSA) is 101 Å². The van der Waals surface area contributed by atoms with Gasteiger partial charge < -0.3 is 9.80 Å². The predicted octanol–water partition coefficient (Wildman–Crippen LogP) is 5.35. The van der Waals surface area contributed by atoms with E-state index in [1.54, 1.807) is 35.4 Å². The Morgan fingerprint density at radius 1 is 1.14 bits per heavy atom. The summed E-state index contributed by atoms with van der Waals surface area (Å²) in [6, 6.07) is 10.6. The van der Waals surface area contributed by atoms with Gasteiger partial charge in [-0.2, -0.15) is 4.98 Å². The van der Waals surface area contributed by atoms with Gasteiger partial charge in [-0.05, 0) is 50.5 Å². The molecule has 1 aliphatic heterocycles. The van der Waals surface area contributed by atoms with Gasteiger partial charge in [-0.25, -0.2) is 14.3 Å². The molecule has 5 rings (SSSR count). The molecule has 4 aromatic rings. The Balaban J connectivity index is 1.83. The van der Waals surface area contributed by atoms with Gasteiger partial charge in [-0.15, -0.1) is 0 Å². The van der Waals surface area contributed by atoms with Crippen LogP contribution in [0.4, 0.5) is 5.82 Å². The fourth-order valence-electron chi connectivity index (χ4n) is 5.60. The van der Waals surface area contributed by atoms with Crippen molar-refractivity contribution in [3.05, 3.63) is 87.6 Å². The van der Waals surface area contributed by atoms with Gasteiger partial charge in [0.15, 0.2) is 11.4 Å². The highest BCUT2D eigenvalue weighted by Gasteiger charge is 2.30. The number of aryl methyl sites for hydroxylation is 1. The van der Waals surface area contributed by atoms with Gasteiger partial charge in [-0.1, -0.05) is 56.3 Å². The predicted molar refractivity (Wildman–Crippen MR) is 166 cm³/mol. The van der Waals surface area contributed by atoms with Crippen LogP contribution < -0.4 is 10.6 Å². The number of fused-ring (bicyclic) bond motifs is 1. The Bertz CT molecular complexity index is 1800. The number of aromatic nitrogens is 4. The molecule has 3 aromatic heterocycles. The van der Waals surface area contributed by atoms with E-state index >= 15 is 0 Å². The lowest BCUT2D eigenvalue weighted by Gasteiger charge is -2.40. The number of benzene rings is 1. The zero-order chi connectivity index (χ0) is 30.3. The van der Waals surface area contributed by atoms with Crippen LogP contribution in [0.5, 0.6) is 0 Å². The summed E-state index contributed by atoms with van der Waals surface area (Å²) in [5.74, 6) is 0.198. The van der Waals surface area contributed by atoms with Crippen LogP contribution >= 0.6 is 11.6 Å². The molecule has 1 aliphatic rings. The zero-order valence-electron chi connectivity index (χ0n) is 24.4. The molecule has 42 heavy (non-hydrogen) atoms. The molecule has 0 saturated carbocycles. The molecular weight excluding hydrogens is 552 g/mol. The van der Waals surface area contributed by atoms with E-state index in [1.807, 2.05) is 44.7 Å². The summed E-state index contributed by atoms with van der Waals surface area (Å²) in [6.45, 7) is 14.4. The summed E-state index contributed by atoms with van der Waals surface area (Å²) in [7, 11) is 0. The van der Waals surface area contributed by atoms with E-state index in [0.717, 1.165) is 11.3 Å². The van der Waals surface area contributed by atoms with E-state index in [0.29, 0.717) is 64.0 Å². The third kappa shape index (κ3) is 5.09. The number of hydrogen-bond donors (Lipinski definition) is 0. The van der Waals surface area contributed by atoms with Crippen LogP contribution in [-0.2, 0) is 4.79 Å². The summed E-state index contributed by atoms with van der Waals surface area (Å²) in [5, 5.41) is 0.904. The lowest BCUT2D eigenvalue weighted by atomic mass is 10.0. The number of amides is 1. The molecule has 1 atom stereocenters. The lowest BCUT2D eigenvalue weighted by Crippen LogP contribution is -2.54. The van der Waals surface area contributed by atoms with Crippen molar-refractivity contribution >= 4 is 40.1 Å². The Labute approximate surface area is 249 Å². The Morgan fingerprint density at radius 3 is 2.55 bits per heavy atom.